The Kier molecular flexibility index (Phi) is 3.53. The molecule has 0 bridgehead atoms. The van der Waals surface area contributed by atoms with Crippen molar-refractivity contribution in [3.05, 3.63) is 34.4 Å². The maximum atomic E-state index is 10.5. The molecule has 1 N–H and O–H groups in total. The lowest BCUT2D eigenvalue weighted by molar-refractivity contribution is 0.259. The van der Waals surface area contributed by atoms with Crippen molar-refractivity contribution in [3.63, 3.8) is 0 Å². The van der Waals surface area contributed by atoms with Gasteiger partial charge < -0.3 is 5.32 Å². The molecule has 0 unspecified atom stereocenters. The van der Waals surface area contributed by atoms with Gasteiger partial charge in [-0.1, -0.05) is 12.1 Å². The molecule has 1 amide bonds. The predicted molar refractivity (Wildman–Crippen MR) is 58.7 cm³/mol. The molecule has 1 aromatic rings. The molecule has 3 heteroatoms. The minimum absolute atomic E-state index is 0.495. The number of carbonyl (C=O) groups excluding carboxylic acids is 1. The van der Waals surface area contributed by atoms with Crippen molar-refractivity contribution < 1.29 is 4.79 Å². The van der Waals surface area contributed by atoms with Gasteiger partial charge in [-0.15, -0.1) is 0 Å². The maximum Gasteiger partial charge on any atom is 0.314 e. The average Bonchev–Trinajstić information content (AvgIpc) is 2.13. The number of nitrogens with one attached hydrogen (secondary N) is 1. The van der Waals surface area contributed by atoms with Crippen LogP contribution in [-0.4, -0.2) is 5.37 Å². The summed E-state index contributed by atoms with van der Waals surface area (Å²) in [4.78, 5) is 10.5. The van der Waals surface area contributed by atoms with Gasteiger partial charge in [0.2, 0.25) is 0 Å². The lowest BCUT2D eigenvalue weighted by atomic mass is 9.99. The molecule has 0 atom stereocenters. The molecule has 0 spiro atoms. The van der Waals surface area contributed by atoms with Gasteiger partial charge >= 0.3 is 5.37 Å². The molecule has 0 fully saturated rings. The summed E-state index contributed by atoms with van der Waals surface area (Å²) in [6.45, 7) is 6.70. The van der Waals surface area contributed by atoms with Gasteiger partial charge in [-0.05, 0) is 54.6 Å². The summed E-state index contributed by atoms with van der Waals surface area (Å²) >= 11 is 5.20. The van der Waals surface area contributed by atoms with Crippen molar-refractivity contribution in [2.75, 3.05) is 0 Å². The Morgan fingerprint density at radius 3 is 2.50 bits per heavy atom. The maximum absolute atomic E-state index is 10.5. The molecule has 0 radical (unpaired) electrons. The highest BCUT2D eigenvalue weighted by atomic mass is 35.5. The number of rotatable bonds is 2. The fourth-order valence-corrected chi connectivity index (χ4v) is 1.44. The Bertz CT molecular complexity index is 361. The van der Waals surface area contributed by atoms with Crippen molar-refractivity contribution in [1.29, 1.82) is 0 Å². The Balaban J connectivity index is 2.88. The van der Waals surface area contributed by atoms with Gasteiger partial charge in [0.25, 0.3) is 0 Å². The molecule has 0 saturated carbocycles. The number of hydrogen-bond donors (Lipinski definition) is 1. The van der Waals surface area contributed by atoms with E-state index in [0.717, 1.165) is 5.56 Å². The number of aryl methyl sites for hydroxylation is 1. The molecule has 0 saturated heterocycles. The monoisotopic (exact) mass is 211 g/mol. The highest BCUT2D eigenvalue weighted by Crippen LogP contribution is 2.16. The summed E-state index contributed by atoms with van der Waals surface area (Å²) < 4.78 is 0. The zero-order chi connectivity index (χ0) is 10.7. The standard InChI is InChI=1S/C11H14ClNO/c1-7-4-5-10(6-13-11(12)14)9(3)8(7)2/h4-5H,6H2,1-3H3,(H,13,14). The van der Waals surface area contributed by atoms with Gasteiger partial charge in [0.1, 0.15) is 0 Å². The Hall–Kier alpha value is -1.02. The summed E-state index contributed by atoms with van der Waals surface area (Å²) in [7, 11) is 0. The van der Waals surface area contributed by atoms with Crippen molar-refractivity contribution in [2.45, 2.75) is 27.3 Å². The van der Waals surface area contributed by atoms with E-state index >= 15 is 0 Å². The van der Waals surface area contributed by atoms with E-state index in [4.69, 9.17) is 11.6 Å². The zero-order valence-electron chi connectivity index (χ0n) is 8.65. The predicted octanol–water partition coefficient (Wildman–Crippen LogP) is 3.06. The van der Waals surface area contributed by atoms with Crippen molar-refractivity contribution in [2.24, 2.45) is 0 Å². The lowest BCUT2D eigenvalue weighted by Crippen LogP contribution is -2.16. The van der Waals surface area contributed by atoms with Crippen LogP contribution in [0.4, 0.5) is 4.79 Å². The molecular formula is C11H14ClNO. The van der Waals surface area contributed by atoms with E-state index in [1.807, 2.05) is 6.07 Å². The molecule has 14 heavy (non-hydrogen) atoms. The first kappa shape index (κ1) is 11.1. The topological polar surface area (TPSA) is 29.1 Å². The van der Waals surface area contributed by atoms with Crippen LogP contribution in [0.15, 0.2) is 12.1 Å². The molecule has 76 valence electrons. The Labute approximate surface area is 89.3 Å². The van der Waals surface area contributed by atoms with Crippen LogP contribution in [0.5, 0.6) is 0 Å². The first-order valence-corrected chi connectivity index (χ1v) is 4.89. The fourth-order valence-electron chi connectivity index (χ4n) is 1.37. The summed E-state index contributed by atoms with van der Waals surface area (Å²) in [6, 6.07) is 4.07. The summed E-state index contributed by atoms with van der Waals surface area (Å²) in [5, 5.41) is 2.06. The lowest BCUT2D eigenvalue weighted by Gasteiger charge is -2.10. The van der Waals surface area contributed by atoms with Gasteiger partial charge in [-0.2, -0.15) is 0 Å². The van der Waals surface area contributed by atoms with Crippen LogP contribution in [0.2, 0.25) is 0 Å². The van der Waals surface area contributed by atoms with Gasteiger partial charge in [-0.3, -0.25) is 4.79 Å². The largest absolute Gasteiger partial charge is 0.339 e. The minimum Gasteiger partial charge on any atom is -0.339 e. The number of amides is 1. The number of benzene rings is 1. The van der Waals surface area contributed by atoms with Gasteiger partial charge in [0.05, 0.1) is 0 Å². The van der Waals surface area contributed by atoms with Crippen LogP contribution < -0.4 is 5.32 Å². The second-order valence-corrected chi connectivity index (χ2v) is 3.76. The van der Waals surface area contributed by atoms with Crippen LogP contribution in [0, 0.1) is 20.8 Å². The van der Waals surface area contributed by atoms with Crippen molar-refractivity contribution >= 4 is 17.0 Å². The molecular weight excluding hydrogens is 198 g/mol. The highest BCUT2D eigenvalue weighted by molar-refractivity contribution is 6.62. The first-order chi connectivity index (χ1) is 6.52. The van der Waals surface area contributed by atoms with E-state index in [-0.39, 0.29) is 0 Å². The van der Waals surface area contributed by atoms with E-state index in [1.54, 1.807) is 0 Å². The second-order valence-electron chi connectivity index (χ2n) is 3.42. The SMILES string of the molecule is Cc1ccc(CNC(=O)Cl)c(C)c1C. The highest BCUT2D eigenvalue weighted by Gasteiger charge is 2.04. The summed E-state index contributed by atoms with van der Waals surface area (Å²) in [5.74, 6) is 0. The van der Waals surface area contributed by atoms with E-state index in [1.165, 1.54) is 16.7 Å². The van der Waals surface area contributed by atoms with E-state index in [9.17, 15) is 4.79 Å². The van der Waals surface area contributed by atoms with Crippen LogP contribution in [0.3, 0.4) is 0 Å². The van der Waals surface area contributed by atoms with Crippen LogP contribution in [-0.2, 0) is 6.54 Å². The van der Waals surface area contributed by atoms with Crippen LogP contribution >= 0.6 is 11.6 Å². The van der Waals surface area contributed by atoms with Gasteiger partial charge in [0.15, 0.2) is 0 Å². The van der Waals surface area contributed by atoms with Crippen molar-refractivity contribution in [3.8, 4) is 0 Å². The normalized spacial score (nSPS) is 10.0. The van der Waals surface area contributed by atoms with Crippen molar-refractivity contribution in [1.82, 2.24) is 5.32 Å². The number of carbonyl (C=O) groups is 1. The first-order valence-electron chi connectivity index (χ1n) is 4.51. The third-order valence-electron chi connectivity index (χ3n) is 2.59. The Morgan fingerprint density at radius 1 is 1.29 bits per heavy atom. The molecule has 1 rings (SSSR count). The zero-order valence-corrected chi connectivity index (χ0v) is 9.40. The van der Waals surface area contributed by atoms with Crippen LogP contribution in [0.1, 0.15) is 22.3 Å². The second kappa shape index (κ2) is 4.47. The average molecular weight is 212 g/mol. The molecule has 0 aliphatic carbocycles. The van der Waals surface area contributed by atoms with Crippen LogP contribution in [0.25, 0.3) is 0 Å². The fraction of sp³-hybridized carbons (Fsp3) is 0.364. The van der Waals surface area contributed by atoms with Gasteiger partial charge in [-0.25, -0.2) is 0 Å². The molecule has 0 aromatic heterocycles. The molecule has 0 aliphatic rings. The summed E-state index contributed by atoms with van der Waals surface area (Å²) in [5.41, 5.74) is 4.87. The summed E-state index contributed by atoms with van der Waals surface area (Å²) in [6.07, 6.45) is 0. The smallest absolute Gasteiger partial charge is 0.314 e. The van der Waals surface area contributed by atoms with E-state index < -0.39 is 5.37 Å². The number of halogens is 1. The molecule has 1 aromatic carbocycles. The van der Waals surface area contributed by atoms with E-state index in [2.05, 4.69) is 32.2 Å². The molecule has 0 heterocycles. The quantitative estimate of drug-likeness (QED) is 0.591. The third kappa shape index (κ3) is 2.48. The Morgan fingerprint density at radius 2 is 1.93 bits per heavy atom. The molecule has 0 aliphatic heterocycles. The number of hydrogen-bond acceptors (Lipinski definition) is 1. The van der Waals surface area contributed by atoms with E-state index in [0.29, 0.717) is 6.54 Å². The minimum atomic E-state index is -0.511. The molecule has 2 nitrogen and oxygen atoms in total. The third-order valence-corrected chi connectivity index (χ3v) is 2.72. The van der Waals surface area contributed by atoms with Gasteiger partial charge in [0, 0.05) is 6.54 Å².